The van der Waals surface area contributed by atoms with Gasteiger partial charge in [-0.2, -0.15) is 0 Å². The van der Waals surface area contributed by atoms with E-state index in [0.717, 1.165) is 5.39 Å². The lowest BCUT2D eigenvalue weighted by Gasteiger charge is -2.05. The fraction of sp³-hybridized carbons (Fsp3) is 0. The summed E-state index contributed by atoms with van der Waals surface area (Å²) in [5.74, 6) is 0.0841. The van der Waals surface area contributed by atoms with Gasteiger partial charge in [-0.25, -0.2) is 0 Å². The molecule has 2 N–H and O–H groups in total. The van der Waals surface area contributed by atoms with Crippen molar-refractivity contribution in [1.82, 2.24) is 4.98 Å². The van der Waals surface area contributed by atoms with Crippen LogP contribution in [0.25, 0.3) is 21.7 Å². The van der Waals surface area contributed by atoms with Crippen molar-refractivity contribution in [2.24, 2.45) is 0 Å². The second kappa shape index (κ2) is 3.50. The van der Waals surface area contributed by atoms with Crippen LogP contribution in [0.3, 0.4) is 0 Å². The first-order valence-electron chi connectivity index (χ1n) is 5.10. The summed E-state index contributed by atoms with van der Waals surface area (Å²) in [6.45, 7) is 0. The third-order valence-corrected chi connectivity index (χ3v) is 3.02. The number of aromatic nitrogens is 1. The van der Waals surface area contributed by atoms with Crippen LogP contribution in [-0.4, -0.2) is 10.1 Å². The summed E-state index contributed by atoms with van der Waals surface area (Å²) in [4.78, 5) is 14.6. The van der Waals surface area contributed by atoms with Gasteiger partial charge in [0.15, 0.2) is 0 Å². The molecule has 0 fully saturated rings. The Morgan fingerprint density at radius 2 is 1.94 bits per heavy atom. The van der Waals surface area contributed by atoms with Crippen LogP contribution in [0.2, 0.25) is 5.02 Å². The number of fused-ring (bicyclic) bond motifs is 3. The molecular formula is C13H8ClNO2. The highest BCUT2D eigenvalue weighted by atomic mass is 35.5. The van der Waals surface area contributed by atoms with Gasteiger partial charge in [-0.1, -0.05) is 17.7 Å². The Bertz CT molecular complexity index is 792. The molecule has 3 aromatic rings. The molecule has 0 amide bonds. The molecule has 0 aliphatic rings. The predicted molar refractivity (Wildman–Crippen MR) is 68.7 cm³/mol. The van der Waals surface area contributed by atoms with Crippen LogP contribution in [0.15, 0.2) is 41.2 Å². The molecule has 0 spiro atoms. The Kier molecular flexibility index (Phi) is 2.09. The lowest BCUT2D eigenvalue weighted by molar-refractivity contribution is 0.482. The Labute approximate surface area is 101 Å². The number of benzene rings is 2. The summed E-state index contributed by atoms with van der Waals surface area (Å²) in [7, 11) is 0. The number of aromatic hydroxyl groups is 1. The molecule has 3 nitrogen and oxygen atoms in total. The normalized spacial score (nSPS) is 11.1. The van der Waals surface area contributed by atoms with E-state index in [9.17, 15) is 9.90 Å². The van der Waals surface area contributed by atoms with Gasteiger partial charge >= 0.3 is 0 Å². The molecule has 0 bridgehead atoms. The van der Waals surface area contributed by atoms with Crippen LogP contribution in [0, 0.1) is 0 Å². The first-order chi connectivity index (χ1) is 8.16. The second-order valence-corrected chi connectivity index (χ2v) is 4.28. The van der Waals surface area contributed by atoms with Gasteiger partial charge in [-0.15, -0.1) is 0 Å². The number of hydrogen-bond donors (Lipinski definition) is 2. The van der Waals surface area contributed by atoms with E-state index < -0.39 is 0 Å². The molecule has 84 valence electrons. The van der Waals surface area contributed by atoms with Crippen LogP contribution in [0.4, 0.5) is 0 Å². The number of aromatic amines is 1. The van der Waals surface area contributed by atoms with E-state index in [1.165, 1.54) is 0 Å². The lowest BCUT2D eigenvalue weighted by atomic mass is 10.1. The summed E-state index contributed by atoms with van der Waals surface area (Å²) in [5.41, 5.74) is 0.444. The van der Waals surface area contributed by atoms with Gasteiger partial charge in [0.05, 0.1) is 5.39 Å². The zero-order valence-electron chi connectivity index (χ0n) is 8.70. The van der Waals surface area contributed by atoms with E-state index in [4.69, 9.17) is 11.6 Å². The number of pyridine rings is 1. The maximum atomic E-state index is 11.8. The molecule has 0 saturated heterocycles. The van der Waals surface area contributed by atoms with Gasteiger partial charge in [0.2, 0.25) is 0 Å². The molecule has 17 heavy (non-hydrogen) atoms. The minimum atomic E-state index is -0.217. The van der Waals surface area contributed by atoms with Crippen LogP contribution >= 0.6 is 11.6 Å². The van der Waals surface area contributed by atoms with Gasteiger partial charge in [0.25, 0.3) is 5.56 Å². The van der Waals surface area contributed by atoms with Gasteiger partial charge in [0, 0.05) is 21.3 Å². The van der Waals surface area contributed by atoms with Gasteiger partial charge < -0.3 is 10.1 Å². The highest BCUT2D eigenvalue weighted by Crippen LogP contribution is 2.30. The number of rotatable bonds is 0. The zero-order valence-corrected chi connectivity index (χ0v) is 9.45. The summed E-state index contributed by atoms with van der Waals surface area (Å²) in [5, 5.41) is 12.2. The van der Waals surface area contributed by atoms with Crippen molar-refractivity contribution >= 4 is 33.3 Å². The number of phenolic OH excluding ortho intramolecular Hbond substituents is 1. The summed E-state index contributed by atoms with van der Waals surface area (Å²) in [6.07, 6.45) is 0. The van der Waals surface area contributed by atoms with Gasteiger partial charge in [0.1, 0.15) is 5.75 Å². The topological polar surface area (TPSA) is 53.1 Å². The molecule has 0 unspecified atom stereocenters. The third kappa shape index (κ3) is 1.47. The van der Waals surface area contributed by atoms with Crippen LogP contribution in [0.5, 0.6) is 5.75 Å². The Hall–Kier alpha value is -2.00. The SMILES string of the molecule is O=c1[nH]c2ccc(Cl)cc2c2c(O)cccc12. The second-order valence-electron chi connectivity index (χ2n) is 3.84. The summed E-state index contributed by atoms with van der Waals surface area (Å²) >= 11 is 5.94. The van der Waals surface area contributed by atoms with E-state index in [1.54, 1.807) is 36.4 Å². The molecule has 0 saturated carbocycles. The first kappa shape index (κ1) is 10.2. The first-order valence-corrected chi connectivity index (χ1v) is 5.48. The van der Waals surface area contributed by atoms with Crippen LogP contribution < -0.4 is 5.56 Å². The van der Waals surface area contributed by atoms with Crippen LogP contribution in [0.1, 0.15) is 0 Å². The minimum Gasteiger partial charge on any atom is -0.507 e. The highest BCUT2D eigenvalue weighted by molar-refractivity contribution is 6.31. The largest absolute Gasteiger partial charge is 0.507 e. The standard InChI is InChI=1S/C13H8ClNO2/c14-7-4-5-10-9(6-7)12-8(13(17)15-10)2-1-3-11(12)16/h1-6,16H,(H,15,17). The van der Waals surface area contributed by atoms with Crippen molar-refractivity contribution in [1.29, 1.82) is 0 Å². The lowest BCUT2D eigenvalue weighted by Crippen LogP contribution is -2.06. The quantitative estimate of drug-likeness (QED) is 0.598. The average Bonchev–Trinajstić information content (AvgIpc) is 2.30. The van der Waals surface area contributed by atoms with E-state index in [0.29, 0.717) is 21.3 Å². The Morgan fingerprint density at radius 3 is 2.76 bits per heavy atom. The third-order valence-electron chi connectivity index (χ3n) is 2.79. The fourth-order valence-corrected chi connectivity index (χ4v) is 2.21. The summed E-state index contributed by atoms with van der Waals surface area (Å²) < 4.78 is 0. The smallest absolute Gasteiger partial charge is 0.256 e. The van der Waals surface area contributed by atoms with Crippen molar-refractivity contribution in [3.8, 4) is 5.75 Å². The molecule has 4 heteroatoms. The number of H-pyrrole nitrogens is 1. The number of hydrogen-bond acceptors (Lipinski definition) is 2. The molecule has 2 aromatic carbocycles. The van der Waals surface area contributed by atoms with Gasteiger partial charge in [-0.05, 0) is 30.3 Å². The average molecular weight is 246 g/mol. The number of halogens is 1. The highest BCUT2D eigenvalue weighted by Gasteiger charge is 2.08. The molecule has 3 rings (SSSR count). The van der Waals surface area contributed by atoms with Crippen molar-refractivity contribution in [2.75, 3.05) is 0 Å². The monoisotopic (exact) mass is 245 g/mol. The van der Waals surface area contributed by atoms with Crippen LogP contribution in [-0.2, 0) is 0 Å². The fourth-order valence-electron chi connectivity index (χ4n) is 2.03. The van der Waals surface area contributed by atoms with E-state index >= 15 is 0 Å². The van der Waals surface area contributed by atoms with Crippen molar-refractivity contribution in [3.05, 3.63) is 51.8 Å². The molecule has 0 radical (unpaired) electrons. The summed E-state index contributed by atoms with van der Waals surface area (Å²) in [6, 6.07) is 10.0. The van der Waals surface area contributed by atoms with E-state index in [1.807, 2.05) is 0 Å². The number of nitrogens with one attached hydrogen (secondary N) is 1. The van der Waals surface area contributed by atoms with Crippen molar-refractivity contribution in [3.63, 3.8) is 0 Å². The predicted octanol–water partition coefficient (Wildman–Crippen LogP) is 3.04. The Balaban J connectivity index is 2.70. The molecule has 0 aliphatic carbocycles. The van der Waals surface area contributed by atoms with Gasteiger partial charge in [-0.3, -0.25) is 4.79 Å². The molecule has 0 aliphatic heterocycles. The maximum absolute atomic E-state index is 11.8. The molecule has 1 heterocycles. The number of phenols is 1. The molecule has 0 atom stereocenters. The van der Waals surface area contributed by atoms with E-state index in [2.05, 4.69) is 4.98 Å². The zero-order chi connectivity index (χ0) is 12.0. The Morgan fingerprint density at radius 1 is 1.12 bits per heavy atom. The molecule has 1 aromatic heterocycles. The van der Waals surface area contributed by atoms with Crippen molar-refractivity contribution < 1.29 is 5.11 Å². The maximum Gasteiger partial charge on any atom is 0.256 e. The molecular weight excluding hydrogens is 238 g/mol. The van der Waals surface area contributed by atoms with E-state index in [-0.39, 0.29) is 11.3 Å². The minimum absolute atomic E-state index is 0.0841. The van der Waals surface area contributed by atoms with Crippen molar-refractivity contribution in [2.45, 2.75) is 0 Å².